The van der Waals surface area contributed by atoms with E-state index in [1.54, 1.807) is 19.2 Å². The van der Waals surface area contributed by atoms with E-state index in [4.69, 9.17) is 21.1 Å². The number of piperidine rings is 1. The molecular formula is C17H26Cl2N2O3. The Balaban J connectivity index is 0.00000288. The molecule has 0 saturated carbocycles. The summed E-state index contributed by atoms with van der Waals surface area (Å²) in [6.45, 7) is 4.72. The van der Waals surface area contributed by atoms with Gasteiger partial charge in [-0.25, -0.2) is 0 Å². The molecule has 0 aromatic heterocycles. The Hall–Kier alpha value is -1.01. The van der Waals surface area contributed by atoms with Gasteiger partial charge < -0.3 is 20.1 Å². The van der Waals surface area contributed by atoms with Crippen molar-refractivity contribution in [3.8, 4) is 5.75 Å². The number of nitrogens with one attached hydrogen (secondary N) is 2. The van der Waals surface area contributed by atoms with Crippen LogP contribution in [0, 0.1) is 5.41 Å². The molecule has 0 aliphatic carbocycles. The third-order valence-electron chi connectivity index (χ3n) is 4.11. The summed E-state index contributed by atoms with van der Waals surface area (Å²) in [5, 5.41) is 6.76. The van der Waals surface area contributed by atoms with Crippen molar-refractivity contribution in [1.82, 2.24) is 5.32 Å². The largest absolute Gasteiger partial charge is 0.492 e. The van der Waals surface area contributed by atoms with Crippen LogP contribution in [0.5, 0.6) is 5.75 Å². The summed E-state index contributed by atoms with van der Waals surface area (Å²) < 4.78 is 10.8. The molecule has 24 heavy (non-hydrogen) atoms. The smallest absolute Gasteiger partial charge is 0.233 e. The number of ether oxygens (including phenoxy) is 2. The number of anilines is 1. The number of methoxy groups -OCH3 is 1. The van der Waals surface area contributed by atoms with Gasteiger partial charge in [0.15, 0.2) is 0 Å². The number of halogens is 2. The van der Waals surface area contributed by atoms with Crippen LogP contribution < -0.4 is 15.4 Å². The van der Waals surface area contributed by atoms with Crippen LogP contribution in [0.25, 0.3) is 0 Å². The van der Waals surface area contributed by atoms with Crippen LogP contribution in [0.15, 0.2) is 18.2 Å². The van der Waals surface area contributed by atoms with Gasteiger partial charge in [0.2, 0.25) is 5.91 Å². The predicted octanol–water partition coefficient (Wildman–Crippen LogP) is 3.51. The van der Waals surface area contributed by atoms with E-state index in [0.717, 1.165) is 32.4 Å². The first kappa shape index (κ1) is 21.0. The maximum atomic E-state index is 12.8. The van der Waals surface area contributed by atoms with E-state index in [9.17, 15) is 4.79 Å². The topological polar surface area (TPSA) is 59.6 Å². The highest BCUT2D eigenvalue weighted by molar-refractivity contribution is 6.32. The van der Waals surface area contributed by atoms with E-state index in [1.165, 1.54) is 0 Å². The molecule has 1 aliphatic rings. The van der Waals surface area contributed by atoms with Crippen LogP contribution in [-0.4, -0.2) is 39.3 Å². The molecule has 0 spiro atoms. The van der Waals surface area contributed by atoms with Crippen LogP contribution in [0.4, 0.5) is 5.69 Å². The lowest BCUT2D eigenvalue weighted by molar-refractivity contribution is -0.130. The van der Waals surface area contributed by atoms with Gasteiger partial charge in [-0.15, -0.1) is 12.4 Å². The molecule has 7 heteroatoms. The second-order valence-corrected chi connectivity index (χ2v) is 6.32. The van der Waals surface area contributed by atoms with Crippen molar-refractivity contribution in [2.75, 3.05) is 38.7 Å². The Morgan fingerprint density at radius 2 is 2.08 bits per heavy atom. The summed E-state index contributed by atoms with van der Waals surface area (Å²) in [6.07, 6.45) is 2.44. The fraction of sp³-hybridized carbons (Fsp3) is 0.588. The molecule has 1 fully saturated rings. The Morgan fingerprint density at radius 1 is 1.38 bits per heavy atom. The van der Waals surface area contributed by atoms with Gasteiger partial charge >= 0.3 is 0 Å². The third-order valence-corrected chi connectivity index (χ3v) is 4.41. The number of carbonyl (C=O) groups excluding carboxylic acids is 1. The van der Waals surface area contributed by atoms with Crippen molar-refractivity contribution < 1.29 is 14.3 Å². The Kier molecular flexibility index (Phi) is 8.84. The van der Waals surface area contributed by atoms with E-state index in [1.807, 2.05) is 13.0 Å². The molecule has 1 saturated heterocycles. The Bertz CT molecular complexity index is 529. The zero-order valence-electron chi connectivity index (χ0n) is 14.2. The van der Waals surface area contributed by atoms with Crippen molar-refractivity contribution in [3.63, 3.8) is 0 Å². The minimum absolute atomic E-state index is 0. The van der Waals surface area contributed by atoms with Gasteiger partial charge in [0, 0.05) is 12.8 Å². The maximum absolute atomic E-state index is 12.8. The van der Waals surface area contributed by atoms with Gasteiger partial charge in [0.25, 0.3) is 0 Å². The second-order valence-electron chi connectivity index (χ2n) is 5.91. The molecular weight excluding hydrogens is 351 g/mol. The van der Waals surface area contributed by atoms with Gasteiger partial charge in [-0.05, 0) is 50.6 Å². The van der Waals surface area contributed by atoms with E-state index < -0.39 is 5.41 Å². The summed E-state index contributed by atoms with van der Waals surface area (Å²) in [4.78, 5) is 12.8. The van der Waals surface area contributed by atoms with Crippen LogP contribution in [0.2, 0.25) is 5.02 Å². The number of hydrogen-bond donors (Lipinski definition) is 2. The Labute approximate surface area is 154 Å². The number of hydrogen-bond acceptors (Lipinski definition) is 4. The van der Waals surface area contributed by atoms with Gasteiger partial charge in [0.05, 0.1) is 23.7 Å². The molecule has 0 unspecified atom stereocenters. The van der Waals surface area contributed by atoms with Gasteiger partial charge in [-0.3, -0.25) is 4.79 Å². The van der Waals surface area contributed by atoms with Crippen molar-refractivity contribution >= 4 is 35.6 Å². The summed E-state index contributed by atoms with van der Waals surface area (Å²) in [6, 6.07) is 5.33. The minimum atomic E-state index is -0.482. The molecule has 1 aromatic rings. The minimum Gasteiger partial charge on any atom is -0.492 e. The molecule has 2 N–H and O–H groups in total. The summed E-state index contributed by atoms with van der Waals surface area (Å²) in [7, 11) is 1.63. The molecule has 1 heterocycles. The standard InChI is InChI=1S/C17H25ClN2O3.ClH/c1-3-10-23-15-5-4-13(11-14(15)18)20-16(21)17(12-22-2)6-8-19-9-7-17;/h4-5,11,19H,3,6-10,12H2,1-2H3,(H,20,21);1H. The highest BCUT2D eigenvalue weighted by Gasteiger charge is 2.39. The number of rotatable bonds is 7. The molecule has 1 aliphatic heterocycles. The van der Waals surface area contributed by atoms with Gasteiger partial charge in [-0.1, -0.05) is 18.5 Å². The van der Waals surface area contributed by atoms with Crippen molar-refractivity contribution in [1.29, 1.82) is 0 Å². The number of carbonyl (C=O) groups is 1. The SMILES string of the molecule is CCCOc1ccc(NC(=O)C2(COC)CCNCC2)cc1Cl.Cl. The van der Waals surface area contributed by atoms with Crippen LogP contribution in [0.1, 0.15) is 26.2 Å². The van der Waals surface area contributed by atoms with Crippen LogP contribution in [-0.2, 0) is 9.53 Å². The normalized spacial score (nSPS) is 16.1. The van der Waals surface area contributed by atoms with E-state index in [-0.39, 0.29) is 18.3 Å². The number of benzene rings is 1. The molecule has 136 valence electrons. The maximum Gasteiger partial charge on any atom is 0.233 e. The lowest BCUT2D eigenvalue weighted by Gasteiger charge is -2.35. The number of amides is 1. The fourth-order valence-electron chi connectivity index (χ4n) is 2.79. The van der Waals surface area contributed by atoms with Crippen molar-refractivity contribution in [3.05, 3.63) is 23.2 Å². The van der Waals surface area contributed by atoms with Crippen molar-refractivity contribution in [2.24, 2.45) is 5.41 Å². The first-order valence-electron chi connectivity index (χ1n) is 8.05. The zero-order valence-corrected chi connectivity index (χ0v) is 15.8. The lowest BCUT2D eigenvalue weighted by Crippen LogP contribution is -2.47. The summed E-state index contributed by atoms with van der Waals surface area (Å²) in [5.74, 6) is 0.624. The highest BCUT2D eigenvalue weighted by atomic mass is 35.5. The average molecular weight is 377 g/mol. The monoisotopic (exact) mass is 376 g/mol. The van der Waals surface area contributed by atoms with E-state index >= 15 is 0 Å². The van der Waals surface area contributed by atoms with Gasteiger partial charge in [0.1, 0.15) is 5.75 Å². The first-order chi connectivity index (χ1) is 11.1. The summed E-state index contributed by atoms with van der Waals surface area (Å²) in [5.41, 5.74) is 0.196. The second kappa shape index (κ2) is 10.1. The van der Waals surface area contributed by atoms with E-state index in [0.29, 0.717) is 29.7 Å². The molecule has 0 radical (unpaired) electrons. The van der Waals surface area contributed by atoms with Crippen molar-refractivity contribution in [2.45, 2.75) is 26.2 Å². The molecule has 5 nitrogen and oxygen atoms in total. The predicted molar refractivity (Wildman–Crippen MR) is 99.5 cm³/mol. The van der Waals surface area contributed by atoms with Crippen LogP contribution in [0.3, 0.4) is 0 Å². The molecule has 2 rings (SSSR count). The molecule has 1 amide bonds. The quantitative estimate of drug-likeness (QED) is 0.764. The third kappa shape index (κ3) is 5.24. The molecule has 0 bridgehead atoms. The lowest BCUT2D eigenvalue weighted by atomic mass is 9.78. The zero-order chi connectivity index (χ0) is 16.7. The molecule has 1 aromatic carbocycles. The Morgan fingerprint density at radius 3 is 2.67 bits per heavy atom. The van der Waals surface area contributed by atoms with E-state index in [2.05, 4.69) is 10.6 Å². The van der Waals surface area contributed by atoms with Gasteiger partial charge in [-0.2, -0.15) is 0 Å². The average Bonchev–Trinajstić information content (AvgIpc) is 2.55. The first-order valence-corrected chi connectivity index (χ1v) is 8.42. The fourth-order valence-corrected chi connectivity index (χ4v) is 3.03. The molecule has 0 atom stereocenters. The highest BCUT2D eigenvalue weighted by Crippen LogP contribution is 2.32. The summed E-state index contributed by atoms with van der Waals surface area (Å²) >= 11 is 6.22. The van der Waals surface area contributed by atoms with Crippen LogP contribution >= 0.6 is 24.0 Å².